The average molecular weight is 729 g/mol. The van der Waals surface area contributed by atoms with Gasteiger partial charge < -0.3 is 9.80 Å². The van der Waals surface area contributed by atoms with E-state index in [1.165, 1.54) is 44.8 Å². The van der Waals surface area contributed by atoms with Crippen LogP contribution in [0.2, 0.25) is 0 Å². The highest BCUT2D eigenvalue weighted by Gasteiger charge is 2.15. The van der Waals surface area contributed by atoms with Gasteiger partial charge in [0.05, 0.1) is 0 Å². The quantitative estimate of drug-likeness (QED) is 0.103. The van der Waals surface area contributed by atoms with Crippen molar-refractivity contribution in [2.75, 3.05) is 9.80 Å². The van der Waals surface area contributed by atoms with E-state index in [2.05, 4.69) is 232 Å². The van der Waals surface area contributed by atoms with Crippen molar-refractivity contribution >= 4 is 58.4 Å². The second-order valence-electron chi connectivity index (χ2n) is 14.1. The Morgan fingerprint density at radius 2 is 0.625 bits per heavy atom. The molecule has 0 aromatic heterocycles. The van der Waals surface area contributed by atoms with E-state index < -0.39 is 0 Å². The van der Waals surface area contributed by atoms with Gasteiger partial charge in [-0.2, -0.15) is 0 Å². The van der Waals surface area contributed by atoms with Gasteiger partial charge >= 0.3 is 0 Å². The van der Waals surface area contributed by atoms with Gasteiger partial charge in [-0.05, 0) is 143 Å². The number of nitrogens with zero attached hydrogens (tertiary/aromatic N) is 2. The summed E-state index contributed by atoms with van der Waals surface area (Å²) in [7, 11) is 0. The molecular formula is C54H52N2. The number of benzene rings is 7. The first-order chi connectivity index (χ1) is 27.6. The van der Waals surface area contributed by atoms with E-state index in [0.717, 1.165) is 59.6 Å². The molecule has 0 bridgehead atoms. The van der Waals surface area contributed by atoms with Gasteiger partial charge in [-0.15, -0.1) is 0 Å². The monoisotopic (exact) mass is 728 g/mol. The zero-order chi connectivity index (χ0) is 38.7. The van der Waals surface area contributed by atoms with E-state index in [-0.39, 0.29) is 0 Å². The lowest BCUT2D eigenvalue weighted by Crippen LogP contribution is -2.10. The second-order valence-corrected chi connectivity index (χ2v) is 14.1. The normalized spacial score (nSPS) is 11.4. The first-order valence-corrected chi connectivity index (χ1v) is 20.2. The van der Waals surface area contributed by atoms with E-state index >= 15 is 0 Å². The minimum atomic E-state index is 1.02. The fraction of sp³-hybridized carbons (Fsp3) is 0.148. The summed E-state index contributed by atoms with van der Waals surface area (Å²) < 4.78 is 0. The summed E-state index contributed by atoms with van der Waals surface area (Å²) in [4.78, 5) is 4.70. The first kappa shape index (κ1) is 37.9. The van der Waals surface area contributed by atoms with Crippen molar-refractivity contribution in [2.45, 2.75) is 53.4 Å². The van der Waals surface area contributed by atoms with E-state index in [1.54, 1.807) is 0 Å². The van der Waals surface area contributed by atoms with E-state index in [9.17, 15) is 0 Å². The van der Waals surface area contributed by atoms with Crippen molar-refractivity contribution in [3.05, 3.63) is 214 Å². The summed E-state index contributed by atoms with van der Waals surface area (Å²) in [5, 5.41) is 0. The predicted octanol–water partition coefficient (Wildman–Crippen LogP) is 15.2. The van der Waals surface area contributed by atoms with E-state index in [4.69, 9.17) is 0 Å². The fourth-order valence-electron chi connectivity index (χ4n) is 7.55. The summed E-state index contributed by atoms with van der Waals surface area (Å²) in [5.74, 6) is 0. The first-order valence-electron chi connectivity index (χ1n) is 20.2. The summed E-state index contributed by atoms with van der Waals surface area (Å²) in [6, 6.07) is 61.4. The molecule has 0 amide bonds. The molecular weight excluding hydrogens is 677 g/mol. The molecule has 0 aliphatic heterocycles. The Labute approximate surface area is 334 Å². The Morgan fingerprint density at radius 1 is 0.304 bits per heavy atom. The lowest BCUT2D eigenvalue weighted by atomic mass is 10.0. The molecule has 0 heterocycles. The molecule has 7 rings (SSSR count). The molecule has 0 saturated carbocycles. The second kappa shape index (κ2) is 18.3. The number of para-hydroxylation sites is 2. The Kier molecular flexibility index (Phi) is 12.4. The molecule has 0 aliphatic carbocycles. The smallest absolute Gasteiger partial charge is 0.0464 e. The molecule has 0 saturated heterocycles. The molecule has 0 spiro atoms. The molecule has 0 radical (unpaired) electrons. The zero-order valence-corrected chi connectivity index (χ0v) is 33.2. The minimum absolute atomic E-state index is 1.02. The molecule has 0 aliphatic rings. The maximum atomic E-state index is 2.35. The van der Waals surface area contributed by atoms with Crippen LogP contribution in [-0.4, -0.2) is 0 Å². The average Bonchev–Trinajstić information content (AvgIpc) is 3.27. The lowest BCUT2D eigenvalue weighted by Gasteiger charge is -2.26. The minimum Gasteiger partial charge on any atom is -0.310 e. The third-order valence-corrected chi connectivity index (χ3v) is 10.7. The van der Waals surface area contributed by atoms with Crippen LogP contribution in [0.5, 0.6) is 0 Å². The van der Waals surface area contributed by atoms with Crippen LogP contribution in [0, 0.1) is 0 Å². The highest BCUT2D eigenvalue weighted by atomic mass is 15.1. The van der Waals surface area contributed by atoms with Crippen LogP contribution in [0.3, 0.4) is 0 Å². The number of rotatable bonds is 14. The van der Waals surface area contributed by atoms with Gasteiger partial charge in [0.15, 0.2) is 0 Å². The Hall–Kier alpha value is -6.38. The number of hydrogen-bond donors (Lipinski definition) is 0. The number of aryl methyl sites for hydroxylation is 4. The molecule has 0 atom stereocenters. The van der Waals surface area contributed by atoms with Crippen molar-refractivity contribution < 1.29 is 0 Å². The summed E-state index contributed by atoms with van der Waals surface area (Å²) in [6.07, 6.45) is 13.0. The molecule has 0 N–H and O–H groups in total. The third kappa shape index (κ3) is 8.77. The Bertz CT molecular complexity index is 2220. The highest BCUT2D eigenvalue weighted by Crippen LogP contribution is 2.37. The molecule has 7 aromatic carbocycles. The van der Waals surface area contributed by atoms with Gasteiger partial charge in [0.1, 0.15) is 0 Å². The van der Waals surface area contributed by atoms with Gasteiger partial charge in [0.2, 0.25) is 0 Å². The fourth-order valence-corrected chi connectivity index (χ4v) is 7.55. The van der Waals surface area contributed by atoms with Crippen LogP contribution in [0.15, 0.2) is 170 Å². The van der Waals surface area contributed by atoms with Crippen LogP contribution in [-0.2, 0) is 25.7 Å². The lowest BCUT2D eigenvalue weighted by molar-refractivity contribution is 1.03. The van der Waals surface area contributed by atoms with Crippen molar-refractivity contribution in [1.82, 2.24) is 0 Å². The Balaban J connectivity index is 1.10. The zero-order valence-electron chi connectivity index (χ0n) is 33.2. The molecule has 7 aromatic rings. The van der Waals surface area contributed by atoms with Crippen LogP contribution in [0.1, 0.15) is 72.2 Å². The van der Waals surface area contributed by atoms with Crippen LogP contribution in [0.25, 0.3) is 24.3 Å². The summed E-state index contributed by atoms with van der Waals surface area (Å²) in [6.45, 7) is 8.95. The van der Waals surface area contributed by atoms with E-state index in [0.29, 0.717) is 0 Å². The maximum absolute atomic E-state index is 2.35. The Morgan fingerprint density at radius 3 is 0.982 bits per heavy atom. The standard InChI is InChI=1S/C54H52N2/c1-5-43-31-37-53(39-45(43)7-3)55(49-19-11-9-12-20-49)51-33-25-41(26-34-51)23-29-47-17-15-16-18-48(47)30-24-42-27-35-52(36-28-42)56(50-21-13-10-14-22-50)54-38-32-44(6-2)46(8-4)40-54/h9-40H,5-8H2,1-4H3/b29-23-,30-24+. The van der Waals surface area contributed by atoms with Crippen molar-refractivity contribution in [2.24, 2.45) is 0 Å². The molecule has 278 valence electrons. The SMILES string of the molecule is CCc1ccc(N(c2ccccc2)c2ccc(/C=C\c3ccccc3/C=C/c3ccc(N(c4ccccc4)c4ccc(CC)c(CC)c4)cc3)cc2)cc1CC. The van der Waals surface area contributed by atoms with Crippen molar-refractivity contribution in [1.29, 1.82) is 0 Å². The molecule has 0 unspecified atom stereocenters. The van der Waals surface area contributed by atoms with Gasteiger partial charge in [-0.1, -0.05) is 149 Å². The molecule has 2 nitrogen and oxygen atoms in total. The van der Waals surface area contributed by atoms with Crippen LogP contribution >= 0.6 is 0 Å². The topological polar surface area (TPSA) is 6.48 Å². The van der Waals surface area contributed by atoms with Crippen LogP contribution < -0.4 is 9.80 Å². The van der Waals surface area contributed by atoms with Gasteiger partial charge in [-0.25, -0.2) is 0 Å². The van der Waals surface area contributed by atoms with E-state index in [1.807, 2.05) is 0 Å². The molecule has 0 fully saturated rings. The maximum Gasteiger partial charge on any atom is 0.0464 e. The summed E-state index contributed by atoms with van der Waals surface area (Å²) in [5.41, 5.74) is 17.3. The van der Waals surface area contributed by atoms with Gasteiger partial charge in [0, 0.05) is 34.1 Å². The number of anilines is 6. The van der Waals surface area contributed by atoms with Gasteiger partial charge in [0.25, 0.3) is 0 Å². The third-order valence-electron chi connectivity index (χ3n) is 10.7. The van der Waals surface area contributed by atoms with Crippen LogP contribution in [0.4, 0.5) is 34.1 Å². The molecule has 2 heteroatoms. The van der Waals surface area contributed by atoms with Gasteiger partial charge in [-0.3, -0.25) is 0 Å². The summed E-state index contributed by atoms with van der Waals surface area (Å²) >= 11 is 0. The molecule has 56 heavy (non-hydrogen) atoms. The van der Waals surface area contributed by atoms with Crippen molar-refractivity contribution in [3.63, 3.8) is 0 Å². The largest absolute Gasteiger partial charge is 0.310 e. The number of hydrogen-bond acceptors (Lipinski definition) is 2. The highest BCUT2D eigenvalue weighted by molar-refractivity contribution is 5.82. The van der Waals surface area contributed by atoms with Crippen molar-refractivity contribution in [3.8, 4) is 0 Å². The predicted molar refractivity (Wildman–Crippen MR) is 244 cm³/mol.